The molecule has 0 aliphatic heterocycles. The summed E-state index contributed by atoms with van der Waals surface area (Å²) < 4.78 is 2.01. The molecule has 0 saturated heterocycles. The number of aromatic nitrogens is 1. The van der Waals surface area contributed by atoms with E-state index in [-0.39, 0.29) is 18.4 Å². The van der Waals surface area contributed by atoms with Crippen molar-refractivity contribution in [2.24, 2.45) is 13.0 Å². The van der Waals surface area contributed by atoms with E-state index in [4.69, 9.17) is 0 Å². The molecule has 22 heavy (non-hydrogen) atoms. The zero-order valence-electron chi connectivity index (χ0n) is 13.1. The highest BCUT2D eigenvalue weighted by Gasteiger charge is 2.22. The predicted octanol–water partition coefficient (Wildman–Crippen LogP) is 2.91. The molecule has 3 rings (SSSR count). The third kappa shape index (κ3) is 3.02. The van der Waals surface area contributed by atoms with Gasteiger partial charge in [-0.1, -0.05) is 37.5 Å². The third-order valence-electron chi connectivity index (χ3n) is 4.73. The van der Waals surface area contributed by atoms with Gasteiger partial charge in [-0.15, -0.1) is 0 Å². The molecule has 2 aromatic rings. The first-order valence-corrected chi connectivity index (χ1v) is 8.16. The normalized spacial score (nSPS) is 17.5. The van der Waals surface area contributed by atoms with E-state index < -0.39 is 6.10 Å². The molecule has 1 aliphatic carbocycles. The molecule has 4 heteroatoms. The van der Waals surface area contributed by atoms with Gasteiger partial charge in [0.2, 0.25) is 5.91 Å². The minimum absolute atomic E-state index is 0.0963. The van der Waals surface area contributed by atoms with Crippen LogP contribution < -0.4 is 5.32 Å². The fourth-order valence-corrected chi connectivity index (χ4v) is 3.45. The van der Waals surface area contributed by atoms with Crippen molar-refractivity contribution in [2.75, 3.05) is 6.54 Å². The van der Waals surface area contributed by atoms with Crippen molar-refractivity contribution in [3.63, 3.8) is 0 Å². The summed E-state index contributed by atoms with van der Waals surface area (Å²) in [6, 6.07) is 8.01. The zero-order valence-corrected chi connectivity index (χ0v) is 13.1. The average Bonchev–Trinajstić information content (AvgIpc) is 2.91. The lowest BCUT2D eigenvalue weighted by atomic mass is 9.88. The van der Waals surface area contributed by atoms with E-state index >= 15 is 0 Å². The number of carbonyl (C=O) groups is 1. The lowest BCUT2D eigenvalue weighted by Crippen LogP contribution is -2.34. The number of aryl methyl sites for hydroxylation is 1. The monoisotopic (exact) mass is 300 g/mol. The molecule has 118 valence electrons. The molecular formula is C18H24N2O2. The Kier molecular flexibility index (Phi) is 4.48. The van der Waals surface area contributed by atoms with Crippen molar-refractivity contribution in [1.29, 1.82) is 0 Å². The molecule has 4 nitrogen and oxygen atoms in total. The maximum absolute atomic E-state index is 12.2. The largest absolute Gasteiger partial charge is 0.386 e. The van der Waals surface area contributed by atoms with Crippen molar-refractivity contribution < 1.29 is 9.90 Å². The SMILES string of the molecule is Cn1cc(C(O)CNC(=O)C2CCCCC2)c2ccccc21. The first-order valence-electron chi connectivity index (χ1n) is 8.16. The van der Waals surface area contributed by atoms with E-state index in [1.807, 2.05) is 42.1 Å². The number of nitrogens with one attached hydrogen (secondary N) is 1. The van der Waals surface area contributed by atoms with Crippen LogP contribution in [0.3, 0.4) is 0 Å². The second-order valence-corrected chi connectivity index (χ2v) is 6.31. The Morgan fingerprint density at radius 2 is 2.05 bits per heavy atom. The number of nitrogens with zero attached hydrogens (tertiary/aromatic N) is 1. The van der Waals surface area contributed by atoms with E-state index in [0.29, 0.717) is 0 Å². The van der Waals surface area contributed by atoms with Gasteiger partial charge in [0.25, 0.3) is 0 Å². The summed E-state index contributed by atoms with van der Waals surface area (Å²) in [4.78, 5) is 12.2. The van der Waals surface area contributed by atoms with Gasteiger partial charge in [0.1, 0.15) is 0 Å². The first kappa shape index (κ1) is 15.1. The van der Waals surface area contributed by atoms with Crippen molar-refractivity contribution >= 4 is 16.8 Å². The third-order valence-corrected chi connectivity index (χ3v) is 4.73. The maximum atomic E-state index is 12.2. The van der Waals surface area contributed by atoms with Crippen molar-refractivity contribution in [1.82, 2.24) is 9.88 Å². The molecule has 1 saturated carbocycles. The van der Waals surface area contributed by atoms with Crippen LogP contribution in [-0.2, 0) is 11.8 Å². The Morgan fingerprint density at radius 1 is 1.32 bits per heavy atom. The Morgan fingerprint density at radius 3 is 2.82 bits per heavy atom. The summed E-state index contributed by atoms with van der Waals surface area (Å²) in [7, 11) is 1.97. The second-order valence-electron chi connectivity index (χ2n) is 6.31. The highest BCUT2D eigenvalue weighted by atomic mass is 16.3. The van der Waals surface area contributed by atoms with Crippen LogP contribution in [-0.4, -0.2) is 22.1 Å². The zero-order chi connectivity index (χ0) is 15.5. The smallest absolute Gasteiger partial charge is 0.223 e. The molecule has 0 spiro atoms. The molecular weight excluding hydrogens is 276 g/mol. The highest BCUT2D eigenvalue weighted by molar-refractivity contribution is 5.84. The number of hydrogen-bond donors (Lipinski definition) is 2. The number of benzene rings is 1. The van der Waals surface area contributed by atoms with Crippen molar-refractivity contribution in [2.45, 2.75) is 38.2 Å². The van der Waals surface area contributed by atoms with Gasteiger partial charge >= 0.3 is 0 Å². The molecule has 1 fully saturated rings. The number of para-hydroxylation sites is 1. The standard InChI is InChI=1S/C18H24N2O2/c1-20-12-15(14-9-5-6-10-16(14)20)17(21)11-19-18(22)13-7-3-2-4-8-13/h5-6,9-10,12-13,17,21H,2-4,7-8,11H2,1H3,(H,19,22). The van der Waals surface area contributed by atoms with E-state index in [1.54, 1.807) is 0 Å². The second kappa shape index (κ2) is 6.53. The van der Waals surface area contributed by atoms with Gasteiger partial charge in [0, 0.05) is 42.2 Å². The van der Waals surface area contributed by atoms with Crippen LogP contribution in [0.5, 0.6) is 0 Å². The molecule has 1 heterocycles. The number of hydrogen-bond acceptors (Lipinski definition) is 2. The van der Waals surface area contributed by atoms with Gasteiger partial charge in [-0.25, -0.2) is 0 Å². The number of aliphatic hydroxyl groups is 1. The Balaban J connectivity index is 1.66. The fourth-order valence-electron chi connectivity index (χ4n) is 3.45. The van der Waals surface area contributed by atoms with Gasteiger partial charge < -0.3 is 15.0 Å². The highest BCUT2D eigenvalue weighted by Crippen LogP contribution is 2.26. The summed E-state index contributed by atoms with van der Waals surface area (Å²) in [5.74, 6) is 0.229. The summed E-state index contributed by atoms with van der Waals surface area (Å²) in [5, 5.41) is 14.4. The van der Waals surface area contributed by atoms with Gasteiger partial charge in [-0.05, 0) is 18.9 Å². The van der Waals surface area contributed by atoms with E-state index in [9.17, 15) is 9.90 Å². The maximum Gasteiger partial charge on any atom is 0.223 e. The Labute approximate surface area is 131 Å². The molecule has 2 N–H and O–H groups in total. The Bertz CT molecular complexity index is 656. The molecule has 1 atom stereocenters. The van der Waals surface area contributed by atoms with E-state index in [2.05, 4.69) is 5.32 Å². The quantitative estimate of drug-likeness (QED) is 0.912. The van der Waals surface area contributed by atoms with Crippen molar-refractivity contribution in [3.8, 4) is 0 Å². The van der Waals surface area contributed by atoms with E-state index in [1.165, 1.54) is 6.42 Å². The predicted molar refractivity (Wildman–Crippen MR) is 87.5 cm³/mol. The average molecular weight is 300 g/mol. The number of carbonyl (C=O) groups excluding carboxylic acids is 1. The van der Waals surface area contributed by atoms with Crippen LogP contribution in [0, 0.1) is 5.92 Å². The van der Waals surface area contributed by atoms with Crippen LogP contribution in [0.2, 0.25) is 0 Å². The van der Waals surface area contributed by atoms with Gasteiger partial charge in [0.15, 0.2) is 0 Å². The lowest BCUT2D eigenvalue weighted by molar-refractivity contribution is -0.126. The lowest BCUT2D eigenvalue weighted by Gasteiger charge is -2.21. The van der Waals surface area contributed by atoms with Crippen LogP contribution in [0.25, 0.3) is 10.9 Å². The number of rotatable bonds is 4. The number of aliphatic hydroxyl groups excluding tert-OH is 1. The van der Waals surface area contributed by atoms with Crippen LogP contribution in [0.4, 0.5) is 0 Å². The van der Waals surface area contributed by atoms with E-state index in [0.717, 1.165) is 42.1 Å². The summed E-state index contributed by atoms with van der Waals surface area (Å²) in [6.45, 7) is 0.281. The number of amides is 1. The van der Waals surface area contributed by atoms with Gasteiger partial charge in [0.05, 0.1) is 6.10 Å². The summed E-state index contributed by atoms with van der Waals surface area (Å²) in [5.41, 5.74) is 1.97. The van der Waals surface area contributed by atoms with Crippen LogP contribution in [0.1, 0.15) is 43.8 Å². The van der Waals surface area contributed by atoms with Gasteiger partial charge in [-0.2, -0.15) is 0 Å². The summed E-state index contributed by atoms with van der Waals surface area (Å²) >= 11 is 0. The summed E-state index contributed by atoms with van der Waals surface area (Å²) in [6.07, 6.45) is 6.77. The molecule has 1 unspecified atom stereocenters. The first-order chi connectivity index (χ1) is 10.7. The minimum Gasteiger partial charge on any atom is -0.386 e. The molecule has 1 aromatic heterocycles. The minimum atomic E-state index is -0.668. The topological polar surface area (TPSA) is 54.3 Å². The molecule has 0 radical (unpaired) electrons. The van der Waals surface area contributed by atoms with Crippen LogP contribution >= 0.6 is 0 Å². The molecule has 0 bridgehead atoms. The van der Waals surface area contributed by atoms with Gasteiger partial charge in [-0.3, -0.25) is 4.79 Å². The van der Waals surface area contributed by atoms with Crippen molar-refractivity contribution in [3.05, 3.63) is 36.0 Å². The molecule has 1 amide bonds. The molecule has 1 aliphatic rings. The van der Waals surface area contributed by atoms with Crippen LogP contribution in [0.15, 0.2) is 30.5 Å². The molecule has 1 aromatic carbocycles. The Hall–Kier alpha value is -1.81. The number of fused-ring (bicyclic) bond motifs is 1. The fraction of sp³-hybridized carbons (Fsp3) is 0.500.